The fraction of sp³-hybridized carbons (Fsp3) is 0.158. The van der Waals surface area contributed by atoms with Gasteiger partial charge in [-0.2, -0.15) is 0 Å². The van der Waals surface area contributed by atoms with Gasteiger partial charge in [0, 0.05) is 22.8 Å². The zero-order valence-electron chi connectivity index (χ0n) is 13.5. The minimum Gasteiger partial charge on any atom is -0.497 e. The number of aromatic nitrogens is 2. The Bertz CT molecular complexity index is 992. The van der Waals surface area contributed by atoms with Gasteiger partial charge in [-0.25, -0.2) is 0 Å². The van der Waals surface area contributed by atoms with E-state index in [-0.39, 0.29) is 0 Å². The van der Waals surface area contributed by atoms with Gasteiger partial charge in [0.15, 0.2) is 0 Å². The molecule has 2 aromatic heterocycles. The lowest BCUT2D eigenvalue weighted by Crippen LogP contribution is -2.16. The molecule has 1 aliphatic rings. The monoisotopic (exact) mass is 316 g/mol. The molecule has 0 amide bonds. The van der Waals surface area contributed by atoms with Crippen LogP contribution < -0.4 is 4.74 Å². The number of methoxy groups -OCH3 is 1. The van der Waals surface area contributed by atoms with Crippen molar-refractivity contribution in [2.75, 3.05) is 13.8 Å². The molecule has 0 atom stereocenters. The molecule has 0 unspecified atom stereocenters. The Labute approximate surface area is 139 Å². The Morgan fingerprint density at radius 2 is 1.88 bits per heavy atom. The summed E-state index contributed by atoms with van der Waals surface area (Å²) in [6.07, 6.45) is 1.80. The van der Waals surface area contributed by atoms with Gasteiger partial charge < -0.3 is 4.74 Å². The predicted molar refractivity (Wildman–Crippen MR) is 95.2 cm³/mol. The van der Waals surface area contributed by atoms with Crippen molar-refractivity contribution in [1.29, 1.82) is 0 Å². The van der Waals surface area contributed by atoms with Crippen LogP contribution in [0.1, 0.15) is 17.0 Å². The van der Waals surface area contributed by atoms with Crippen molar-refractivity contribution in [3.05, 3.63) is 65.6 Å². The van der Waals surface area contributed by atoms with Gasteiger partial charge >= 0.3 is 0 Å². The lowest BCUT2D eigenvalue weighted by atomic mass is 9.99. The average Bonchev–Trinajstić information content (AvgIpc) is 3.10. The van der Waals surface area contributed by atoms with Crippen LogP contribution in [-0.4, -0.2) is 35.2 Å². The first kappa shape index (κ1) is 14.5. The summed E-state index contributed by atoms with van der Waals surface area (Å²) >= 11 is 0. The molecule has 3 aromatic rings. The first-order valence-corrected chi connectivity index (χ1v) is 7.73. The van der Waals surface area contributed by atoms with E-state index in [1.54, 1.807) is 13.3 Å². The molecule has 3 heterocycles. The summed E-state index contributed by atoms with van der Waals surface area (Å²) in [6, 6.07) is 13.8. The minimum atomic E-state index is 0.425. The van der Waals surface area contributed by atoms with Crippen LogP contribution >= 0.6 is 0 Å². The Hall–Kier alpha value is -3.08. The van der Waals surface area contributed by atoms with Gasteiger partial charge in [-0.1, -0.05) is 6.07 Å². The van der Waals surface area contributed by atoms with Crippen molar-refractivity contribution < 1.29 is 4.74 Å². The summed E-state index contributed by atoms with van der Waals surface area (Å²) in [5.41, 5.74) is 5.39. The number of aliphatic imine (C=N–C) groups is 2. The van der Waals surface area contributed by atoms with Gasteiger partial charge in [0.05, 0.1) is 24.0 Å². The van der Waals surface area contributed by atoms with Crippen LogP contribution in [0.25, 0.3) is 10.9 Å². The van der Waals surface area contributed by atoms with Crippen LogP contribution in [-0.2, 0) is 0 Å². The molecule has 1 aromatic carbocycles. The number of fused-ring (bicyclic) bond motifs is 1. The van der Waals surface area contributed by atoms with Crippen molar-refractivity contribution in [1.82, 2.24) is 9.97 Å². The number of aryl methyl sites for hydroxylation is 1. The molecular weight excluding hydrogens is 300 g/mol. The predicted octanol–water partition coefficient (Wildman–Crippen LogP) is 3.20. The molecular formula is C19H16N4O. The second kappa shape index (κ2) is 5.85. The standard InChI is InChI=1S/C19H16N4O/c1-12-4-3-5-17(23-12)19-18(21-11-22-19)14-8-9-20-16-7-6-13(24-2)10-15(14)16/h3-10H,11H2,1-2H3. The molecule has 0 radical (unpaired) electrons. The molecule has 24 heavy (non-hydrogen) atoms. The number of pyridine rings is 2. The Morgan fingerprint density at radius 1 is 1.00 bits per heavy atom. The lowest BCUT2D eigenvalue weighted by Gasteiger charge is -2.10. The highest BCUT2D eigenvalue weighted by Crippen LogP contribution is 2.25. The Kier molecular flexibility index (Phi) is 3.54. The highest BCUT2D eigenvalue weighted by molar-refractivity contribution is 6.55. The third-order valence-electron chi connectivity index (χ3n) is 4.02. The van der Waals surface area contributed by atoms with Gasteiger partial charge in [0.2, 0.25) is 0 Å². The first-order valence-electron chi connectivity index (χ1n) is 7.73. The van der Waals surface area contributed by atoms with E-state index in [0.29, 0.717) is 6.67 Å². The summed E-state index contributed by atoms with van der Waals surface area (Å²) in [6.45, 7) is 2.40. The number of benzene rings is 1. The van der Waals surface area contributed by atoms with E-state index in [1.165, 1.54) is 0 Å². The van der Waals surface area contributed by atoms with Crippen LogP contribution in [0.3, 0.4) is 0 Å². The van der Waals surface area contributed by atoms with E-state index in [9.17, 15) is 0 Å². The number of ether oxygens (including phenoxy) is 1. The van der Waals surface area contributed by atoms with Gasteiger partial charge in [-0.15, -0.1) is 0 Å². The Balaban J connectivity index is 1.87. The van der Waals surface area contributed by atoms with Gasteiger partial charge in [0.1, 0.15) is 18.1 Å². The zero-order valence-corrected chi connectivity index (χ0v) is 13.5. The van der Waals surface area contributed by atoms with E-state index in [1.807, 2.05) is 49.4 Å². The van der Waals surface area contributed by atoms with Crippen LogP contribution in [0.4, 0.5) is 0 Å². The lowest BCUT2D eigenvalue weighted by molar-refractivity contribution is 0.415. The Morgan fingerprint density at radius 3 is 2.71 bits per heavy atom. The second-order valence-electron chi connectivity index (χ2n) is 5.56. The van der Waals surface area contributed by atoms with Gasteiger partial charge in [-0.05, 0) is 43.3 Å². The van der Waals surface area contributed by atoms with Crippen molar-refractivity contribution in [3.8, 4) is 5.75 Å². The van der Waals surface area contributed by atoms with E-state index >= 15 is 0 Å². The van der Waals surface area contributed by atoms with Crippen molar-refractivity contribution in [3.63, 3.8) is 0 Å². The van der Waals surface area contributed by atoms with E-state index in [0.717, 1.165) is 45.0 Å². The first-order chi connectivity index (χ1) is 11.8. The number of hydrogen-bond acceptors (Lipinski definition) is 5. The summed E-state index contributed by atoms with van der Waals surface area (Å²) in [4.78, 5) is 18.2. The molecule has 0 bridgehead atoms. The maximum absolute atomic E-state index is 5.36. The molecule has 0 spiro atoms. The maximum Gasteiger partial charge on any atom is 0.131 e. The molecule has 0 aliphatic carbocycles. The molecule has 1 aliphatic heterocycles. The third kappa shape index (κ3) is 2.44. The van der Waals surface area contributed by atoms with Crippen LogP contribution in [0.15, 0.2) is 58.6 Å². The van der Waals surface area contributed by atoms with Crippen LogP contribution in [0.5, 0.6) is 5.75 Å². The molecule has 4 rings (SSSR count). The molecule has 0 saturated carbocycles. The van der Waals surface area contributed by atoms with Crippen LogP contribution in [0, 0.1) is 6.92 Å². The molecule has 118 valence electrons. The fourth-order valence-corrected chi connectivity index (χ4v) is 2.88. The van der Waals surface area contributed by atoms with E-state index in [4.69, 9.17) is 4.74 Å². The maximum atomic E-state index is 5.36. The van der Waals surface area contributed by atoms with Crippen molar-refractivity contribution in [2.45, 2.75) is 6.92 Å². The zero-order chi connectivity index (χ0) is 16.5. The third-order valence-corrected chi connectivity index (χ3v) is 4.02. The van der Waals surface area contributed by atoms with E-state index in [2.05, 4.69) is 20.0 Å². The van der Waals surface area contributed by atoms with Crippen molar-refractivity contribution >= 4 is 22.3 Å². The van der Waals surface area contributed by atoms with E-state index < -0.39 is 0 Å². The summed E-state index contributed by atoms with van der Waals surface area (Å²) in [7, 11) is 1.66. The molecule has 5 nitrogen and oxygen atoms in total. The van der Waals surface area contributed by atoms with Crippen LogP contribution in [0.2, 0.25) is 0 Å². The number of nitrogens with zero attached hydrogens (tertiary/aromatic N) is 4. The van der Waals surface area contributed by atoms with Gasteiger partial charge in [0.25, 0.3) is 0 Å². The quantitative estimate of drug-likeness (QED) is 0.745. The largest absolute Gasteiger partial charge is 0.497 e. The highest BCUT2D eigenvalue weighted by atomic mass is 16.5. The summed E-state index contributed by atoms with van der Waals surface area (Å²) in [5.74, 6) is 0.794. The molecule has 0 saturated heterocycles. The summed E-state index contributed by atoms with van der Waals surface area (Å²) < 4.78 is 5.36. The van der Waals surface area contributed by atoms with Gasteiger partial charge in [-0.3, -0.25) is 20.0 Å². The molecule has 0 fully saturated rings. The highest BCUT2D eigenvalue weighted by Gasteiger charge is 2.21. The fourth-order valence-electron chi connectivity index (χ4n) is 2.88. The average molecular weight is 316 g/mol. The smallest absolute Gasteiger partial charge is 0.131 e. The number of hydrogen-bond donors (Lipinski definition) is 0. The summed E-state index contributed by atoms with van der Waals surface area (Å²) in [5, 5.41) is 0.998. The molecule has 5 heteroatoms. The van der Waals surface area contributed by atoms with Crippen molar-refractivity contribution in [2.24, 2.45) is 9.98 Å². The number of rotatable bonds is 3. The SMILES string of the molecule is COc1ccc2nccc(C3=NCN=C3c3cccc(C)n3)c2c1. The second-order valence-corrected chi connectivity index (χ2v) is 5.56. The normalized spacial score (nSPS) is 13.8. The topological polar surface area (TPSA) is 59.7 Å². The minimum absolute atomic E-state index is 0.425. The molecule has 0 N–H and O–H groups in total.